The fourth-order valence-electron chi connectivity index (χ4n) is 2.06. The van der Waals surface area contributed by atoms with Crippen LogP contribution in [0.2, 0.25) is 0 Å². The molecule has 3 N–H and O–H groups in total. The van der Waals surface area contributed by atoms with Gasteiger partial charge >= 0.3 is 18.2 Å². The van der Waals surface area contributed by atoms with Gasteiger partial charge < -0.3 is 30.2 Å². The van der Waals surface area contributed by atoms with Crippen molar-refractivity contribution in [3.8, 4) is 0 Å². The Morgan fingerprint density at radius 1 is 1.04 bits per heavy atom. The third-order valence-electron chi connectivity index (χ3n) is 3.31. The lowest BCUT2D eigenvalue weighted by atomic mass is 10.2. The zero-order valence-corrected chi connectivity index (χ0v) is 16.7. The van der Waals surface area contributed by atoms with E-state index in [9.17, 15) is 14.4 Å². The number of ether oxygens (including phenoxy) is 3. The second-order valence-electron chi connectivity index (χ2n) is 6.91. The summed E-state index contributed by atoms with van der Waals surface area (Å²) in [5.41, 5.74) is 0.260. The van der Waals surface area contributed by atoms with Gasteiger partial charge in [-0.1, -0.05) is 30.3 Å². The Morgan fingerprint density at radius 3 is 2.32 bits per heavy atom. The van der Waals surface area contributed by atoms with E-state index in [-0.39, 0.29) is 13.2 Å². The van der Waals surface area contributed by atoms with E-state index in [1.165, 1.54) is 7.11 Å². The molecule has 0 heterocycles. The predicted octanol–water partition coefficient (Wildman–Crippen LogP) is 1.57. The molecule has 0 radical (unpaired) electrons. The topological polar surface area (TPSA) is 115 Å². The van der Waals surface area contributed by atoms with Crippen LogP contribution in [0.3, 0.4) is 0 Å². The maximum Gasteiger partial charge on any atom is 0.408 e. The van der Waals surface area contributed by atoms with Crippen molar-refractivity contribution in [1.29, 1.82) is 0 Å². The first kappa shape index (κ1) is 23.2. The number of carbonyl (C=O) groups is 3. The van der Waals surface area contributed by atoms with Crippen LogP contribution >= 0.6 is 0 Å². The minimum Gasteiger partial charge on any atom is -0.467 e. The molecule has 28 heavy (non-hydrogen) atoms. The van der Waals surface area contributed by atoms with Crippen LogP contribution in [0.25, 0.3) is 0 Å². The maximum atomic E-state index is 11.9. The Morgan fingerprint density at radius 2 is 1.71 bits per heavy atom. The van der Waals surface area contributed by atoms with Crippen LogP contribution in [-0.4, -0.2) is 56.5 Å². The van der Waals surface area contributed by atoms with Crippen LogP contribution < -0.4 is 16.0 Å². The second-order valence-corrected chi connectivity index (χ2v) is 6.91. The zero-order valence-electron chi connectivity index (χ0n) is 16.7. The first-order chi connectivity index (χ1) is 13.2. The summed E-state index contributed by atoms with van der Waals surface area (Å²) in [6.07, 6.45) is -1.26. The molecule has 1 aromatic rings. The van der Waals surface area contributed by atoms with Crippen molar-refractivity contribution in [3.05, 3.63) is 35.9 Å². The number of hydrogen-bond donors (Lipinski definition) is 3. The molecule has 1 rings (SSSR count). The van der Waals surface area contributed by atoms with Crippen molar-refractivity contribution < 1.29 is 28.6 Å². The molecule has 0 aromatic heterocycles. The van der Waals surface area contributed by atoms with Gasteiger partial charge in [-0.25, -0.2) is 14.4 Å². The minimum absolute atomic E-state index is 0.0911. The summed E-state index contributed by atoms with van der Waals surface area (Å²) in [6.45, 7) is 6.18. The molecule has 1 atom stereocenters. The number of alkyl carbamates (subject to hydrolysis) is 2. The average molecular weight is 395 g/mol. The molecule has 0 spiro atoms. The van der Waals surface area contributed by atoms with Gasteiger partial charge in [0, 0.05) is 19.6 Å². The SMILES string of the molecule is COC(=O)[C@H](CNCCNC(=O)OC(C)(C)C)NC(=O)OCc1ccccc1. The fourth-order valence-corrected chi connectivity index (χ4v) is 2.06. The minimum atomic E-state index is -0.921. The number of rotatable bonds is 9. The van der Waals surface area contributed by atoms with Crippen LogP contribution in [0.4, 0.5) is 9.59 Å². The number of benzene rings is 1. The standard InChI is InChI=1S/C19H29N3O6/c1-19(2,3)28-17(24)21-11-10-20-12-15(16(23)26-4)22-18(25)27-13-14-8-6-5-7-9-14/h5-9,15,20H,10-13H2,1-4H3,(H,21,24)(H,22,25)/t15-/m0/s1. The quantitative estimate of drug-likeness (QED) is 0.330. The summed E-state index contributed by atoms with van der Waals surface area (Å²) in [6, 6.07) is 8.26. The highest BCUT2D eigenvalue weighted by molar-refractivity contribution is 5.81. The van der Waals surface area contributed by atoms with E-state index in [0.29, 0.717) is 13.1 Å². The molecule has 1 aromatic carbocycles. The highest BCUT2D eigenvalue weighted by Crippen LogP contribution is 2.06. The number of nitrogens with one attached hydrogen (secondary N) is 3. The Balaban J connectivity index is 2.33. The zero-order chi connectivity index (χ0) is 21.0. The summed E-state index contributed by atoms with van der Waals surface area (Å²) >= 11 is 0. The van der Waals surface area contributed by atoms with Crippen molar-refractivity contribution in [1.82, 2.24) is 16.0 Å². The summed E-state index contributed by atoms with van der Waals surface area (Å²) < 4.78 is 14.9. The molecule has 0 aliphatic carbocycles. The molecule has 0 saturated carbocycles. The van der Waals surface area contributed by atoms with Crippen LogP contribution in [0, 0.1) is 0 Å². The third kappa shape index (κ3) is 10.4. The lowest BCUT2D eigenvalue weighted by molar-refractivity contribution is -0.142. The Labute approximate surface area is 165 Å². The molecule has 2 amide bonds. The van der Waals surface area contributed by atoms with Crippen molar-refractivity contribution in [3.63, 3.8) is 0 Å². The van der Waals surface area contributed by atoms with Crippen molar-refractivity contribution in [2.75, 3.05) is 26.7 Å². The van der Waals surface area contributed by atoms with E-state index in [1.54, 1.807) is 20.8 Å². The van der Waals surface area contributed by atoms with Gasteiger partial charge in [0.05, 0.1) is 7.11 Å². The van der Waals surface area contributed by atoms with Gasteiger partial charge in [0.15, 0.2) is 0 Å². The highest BCUT2D eigenvalue weighted by Gasteiger charge is 2.22. The number of methoxy groups -OCH3 is 1. The lowest BCUT2D eigenvalue weighted by Crippen LogP contribution is -2.49. The van der Waals surface area contributed by atoms with Crippen LogP contribution in [-0.2, 0) is 25.6 Å². The molecule has 9 nitrogen and oxygen atoms in total. The van der Waals surface area contributed by atoms with Gasteiger partial charge in [0.25, 0.3) is 0 Å². The molecule has 0 aliphatic rings. The number of carbonyl (C=O) groups excluding carboxylic acids is 3. The van der Waals surface area contributed by atoms with Gasteiger partial charge in [-0.15, -0.1) is 0 Å². The average Bonchev–Trinajstić information content (AvgIpc) is 2.64. The highest BCUT2D eigenvalue weighted by atomic mass is 16.6. The number of amides is 2. The van der Waals surface area contributed by atoms with E-state index in [0.717, 1.165) is 5.56 Å². The van der Waals surface area contributed by atoms with Crippen molar-refractivity contribution in [2.24, 2.45) is 0 Å². The predicted molar refractivity (Wildman–Crippen MR) is 103 cm³/mol. The molecule has 0 bridgehead atoms. The molecule has 0 saturated heterocycles. The van der Waals surface area contributed by atoms with E-state index in [2.05, 4.69) is 20.7 Å². The molecule has 0 fully saturated rings. The van der Waals surface area contributed by atoms with E-state index in [4.69, 9.17) is 9.47 Å². The summed E-state index contributed by atoms with van der Waals surface area (Å²) in [5.74, 6) is -0.607. The van der Waals surface area contributed by atoms with Gasteiger partial charge in [0.1, 0.15) is 18.2 Å². The molecule has 0 unspecified atom stereocenters. The molecule has 156 valence electrons. The Bertz CT molecular complexity index is 630. The van der Waals surface area contributed by atoms with Crippen molar-refractivity contribution in [2.45, 2.75) is 39.0 Å². The smallest absolute Gasteiger partial charge is 0.408 e. The summed E-state index contributed by atoms with van der Waals surface area (Å²) in [7, 11) is 1.23. The molecular formula is C19H29N3O6. The van der Waals surface area contributed by atoms with Crippen LogP contribution in [0.1, 0.15) is 26.3 Å². The van der Waals surface area contributed by atoms with Gasteiger partial charge in [-0.05, 0) is 26.3 Å². The summed E-state index contributed by atoms with van der Waals surface area (Å²) in [5, 5.41) is 8.00. The van der Waals surface area contributed by atoms with Gasteiger partial charge in [-0.2, -0.15) is 0 Å². The fraction of sp³-hybridized carbons (Fsp3) is 0.526. The normalized spacial score (nSPS) is 11.9. The van der Waals surface area contributed by atoms with Crippen molar-refractivity contribution >= 4 is 18.2 Å². The van der Waals surface area contributed by atoms with E-state index >= 15 is 0 Å². The van der Waals surface area contributed by atoms with Gasteiger partial charge in [-0.3, -0.25) is 0 Å². The maximum absolute atomic E-state index is 11.9. The molecule has 9 heteroatoms. The van der Waals surface area contributed by atoms with E-state index < -0.39 is 29.8 Å². The second kappa shape index (κ2) is 11.8. The largest absolute Gasteiger partial charge is 0.467 e. The van der Waals surface area contributed by atoms with Crippen LogP contribution in [0.15, 0.2) is 30.3 Å². The first-order valence-electron chi connectivity index (χ1n) is 8.94. The Hall–Kier alpha value is -2.81. The molecule has 0 aliphatic heterocycles. The number of esters is 1. The monoisotopic (exact) mass is 395 g/mol. The van der Waals surface area contributed by atoms with E-state index in [1.807, 2.05) is 30.3 Å². The third-order valence-corrected chi connectivity index (χ3v) is 3.31. The summed E-state index contributed by atoms with van der Waals surface area (Å²) in [4.78, 5) is 35.3. The van der Waals surface area contributed by atoms with Gasteiger partial charge in [0.2, 0.25) is 0 Å². The number of hydrogen-bond acceptors (Lipinski definition) is 7. The lowest BCUT2D eigenvalue weighted by Gasteiger charge is -2.20. The molecular weight excluding hydrogens is 366 g/mol. The van der Waals surface area contributed by atoms with Crippen LogP contribution in [0.5, 0.6) is 0 Å². The first-order valence-corrected chi connectivity index (χ1v) is 8.94. The Kier molecular flexibility index (Phi) is 9.80.